The Hall–Kier alpha value is -2.86. The summed E-state index contributed by atoms with van der Waals surface area (Å²) in [5, 5.41) is 3.10. The van der Waals surface area contributed by atoms with Crippen LogP contribution >= 0.6 is 0 Å². The number of aryl methyl sites for hydroxylation is 2. The topological polar surface area (TPSA) is 55.9 Å². The summed E-state index contributed by atoms with van der Waals surface area (Å²) in [6, 6.07) is 13.8. The molecule has 0 saturated carbocycles. The zero-order valence-electron chi connectivity index (χ0n) is 20.1. The van der Waals surface area contributed by atoms with E-state index in [0.29, 0.717) is 18.7 Å². The Bertz CT molecular complexity index is 980. The van der Waals surface area contributed by atoms with Gasteiger partial charge in [0.05, 0.1) is 5.92 Å². The molecule has 0 aliphatic carbocycles. The summed E-state index contributed by atoms with van der Waals surface area (Å²) in [6.07, 6.45) is 1.65. The Kier molecular flexibility index (Phi) is 7.33. The Labute approximate surface area is 197 Å². The van der Waals surface area contributed by atoms with Crippen LogP contribution in [0.25, 0.3) is 0 Å². The third kappa shape index (κ3) is 5.56. The summed E-state index contributed by atoms with van der Waals surface area (Å²) in [5.41, 5.74) is 5.07. The molecule has 2 aromatic carbocycles. The van der Waals surface area contributed by atoms with Crippen LogP contribution in [0.2, 0.25) is 0 Å². The second-order valence-electron chi connectivity index (χ2n) is 9.37. The van der Waals surface area contributed by atoms with Gasteiger partial charge in [-0.15, -0.1) is 0 Å². The van der Waals surface area contributed by atoms with Gasteiger partial charge in [0.1, 0.15) is 0 Å². The van der Waals surface area contributed by atoms with Crippen LogP contribution in [0.3, 0.4) is 0 Å². The van der Waals surface area contributed by atoms with Crippen molar-refractivity contribution in [1.82, 2.24) is 9.80 Å². The van der Waals surface area contributed by atoms with Gasteiger partial charge in [-0.1, -0.05) is 24.6 Å². The third-order valence-electron chi connectivity index (χ3n) is 7.00. The summed E-state index contributed by atoms with van der Waals surface area (Å²) >= 11 is 0. The van der Waals surface area contributed by atoms with E-state index in [1.807, 2.05) is 42.2 Å². The van der Waals surface area contributed by atoms with Gasteiger partial charge < -0.3 is 20.0 Å². The Morgan fingerprint density at radius 1 is 0.970 bits per heavy atom. The fraction of sp³-hybridized carbons (Fsp3) is 0.481. The minimum Gasteiger partial charge on any atom is -0.369 e. The number of likely N-dealkylation sites (N-methyl/N-ethyl adjacent to an activating group) is 1. The van der Waals surface area contributed by atoms with Gasteiger partial charge in [0.2, 0.25) is 5.91 Å². The molecular weight excluding hydrogens is 412 g/mol. The van der Waals surface area contributed by atoms with Crippen molar-refractivity contribution < 1.29 is 9.59 Å². The monoisotopic (exact) mass is 448 g/mol. The molecule has 0 bridgehead atoms. The fourth-order valence-corrected chi connectivity index (χ4v) is 4.89. The average Bonchev–Trinajstić information content (AvgIpc) is 2.84. The summed E-state index contributed by atoms with van der Waals surface area (Å²) in [7, 11) is 0. The largest absolute Gasteiger partial charge is 0.369 e. The smallest absolute Gasteiger partial charge is 0.253 e. The Morgan fingerprint density at radius 2 is 1.70 bits per heavy atom. The van der Waals surface area contributed by atoms with Crippen LogP contribution in [-0.4, -0.2) is 67.4 Å². The molecule has 33 heavy (non-hydrogen) atoms. The first-order chi connectivity index (χ1) is 15.9. The van der Waals surface area contributed by atoms with Gasteiger partial charge in [-0.2, -0.15) is 0 Å². The second kappa shape index (κ2) is 10.4. The lowest BCUT2D eigenvalue weighted by atomic mass is 9.96. The number of benzene rings is 2. The van der Waals surface area contributed by atoms with Crippen molar-refractivity contribution in [2.24, 2.45) is 5.92 Å². The SMILES string of the molecule is CCN1CCN(c2ccc(NC(=O)C3CCCN(C(=O)c4ccc(C)cc4)C3)cc2C)CC1. The van der Waals surface area contributed by atoms with Crippen LogP contribution in [0.15, 0.2) is 42.5 Å². The van der Waals surface area contributed by atoms with Crippen molar-refractivity contribution in [3.05, 3.63) is 59.2 Å². The van der Waals surface area contributed by atoms with Gasteiger partial charge in [-0.25, -0.2) is 0 Å². The van der Waals surface area contributed by atoms with Gasteiger partial charge in [0.25, 0.3) is 5.91 Å². The molecule has 176 valence electrons. The summed E-state index contributed by atoms with van der Waals surface area (Å²) in [5.74, 6) is -0.175. The molecule has 2 aromatic rings. The zero-order chi connectivity index (χ0) is 23.4. The molecule has 2 heterocycles. The lowest BCUT2D eigenvalue weighted by Gasteiger charge is -2.36. The van der Waals surface area contributed by atoms with Crippen molar-refractivity contribution in [3.63, 3.8) is 0 Å². The maximum atomic E-state index is 13.0. The quantitative estimate of drug-likeness (QED) is 0.753. The van der Waals surface area contributed by atoms with Crippen LogP contribution in [0, 0.1) is 19.8 Å². The molecule has 1 atom stereocenters. The fourth-order valence-electron chi connectivity index (χ4n) is 4.89. The van der Waals surface area contributed by atoms with E-state index in [-0.39, 0.29) is 17.7 Å². The number of carbonyl (C=O) groups excluding carboxylic acids is 2. The molecule has 2 fully saturated rings. The molecule has 4 rings (SSSR count). The molecule has 0 aromatic heterocycles. The molecule has 6 heteroatoms. The highest BCUT2D eigenvalue weighted by Gasteiger charge is 2.29. The van der Waals surface area contributed by atoms with E-state index >= 15 is 0 Å². The Morgan fingerprint density at radius 3 is 2.36 bits per heavy atom. The van der Waals surface area contributed by atoms with Crippen molar-refractivity contribution in [1.29, 1.82) is 0 Å². The molecule has 2 aliphatic rings. The van der Waals surface area contributed by atoms with Crippen molar-refractivity contribution >= 4 is 23.2 Å². The van der Waals surface area contributed by atoms with Crippen LogP contribution in [0.4, 0.5) is 11.4 Å². The van der Waals surface area contributed by atoms with Crippen LogP contribution in [-0.2, 0) is 4.79 Å². The maximum Gasteiger partial charge on any atom is 0.253 e. The molecular formula is C27H36N4O2. The van der Waals surface area contributed by atoms with Crippen molar-refractivity contribution in [3.8, 4) is 0 Å². The van der Waals surface area contributed by atoms with E-state index in [4.69, 9.17) is 0 Å². The number of likely N-dealkylation sites (tertiary alicyclic amines) is 1. The average molecular weight is 449 g/mol. The lowest BCUT2D eigenvalue weighted by Crippen LogP contribution is -2.46. The number of hydrogen-bond acceptors (Lipinski definition) is 4. The highest BCUT2D eigenvalue weighted by molar-refractivity contribution is 5.96. The highest BCUT2D eigenvalue weighted by atomic mass is 16.2. The maximum absolute atomic E-state index is 13.0. The first-order valence-corrected chi connectivity index (χ1v) is 12.2. The minimum atomic E-state index is -0.185. The predicted molar refractivity (Wildman–Crippen MR) is 134 cm³/mol. The molecule has 2 aliphatic heterocycles. The van der Waals surface area contributed by atoms with Gasteiger partial charge in [0.15, 0.2) is 0 Å². The number of piperazine rings is 1. The van der Waals surface area contributed by atoms with E-state index < -0.39 is 0 Å². The predicted octanol–water partition coefficient (Wildman–Crippen LogP) is 3.94. The normalized spacial score (nSPS) is 19.4. The summed E-state index contributed by atoms with van der Waals surface area (Å²) < 4.78 is 0. The van der Waals surface area contributed by atoms with E-state index in [1.165, 1.54) is 11.3 Å². The van der Waals surface area contributed by atoms with Crippen LogP contribution in [0.5, 0.6) is 0 Å². The van der Waals surface area contributed by atoms with Gasteiger partial charge in [-0.05, 0) is 69.1 Å². The van der Waals surface area contributed by atoms with E-state index in [1.54, 1.807) is 0 Å². The zero-order valence-corrected chi connectivity index (χ0v) is 20.1. The van der Waals surface area contributed by atoms with Crippen LogP contribution in [0.1, 0.15) is 41.3 Å². The second-order valence-corrected chi connectivity index (χ2v) is 9.37. The standard InChI is InChI=1S/C27H36N4O2/c1-4-29-14-16-30(17-15-29)25-12-11-24(18-21(25)3)28-26(32)23-6-5-13-31(19-23)27(33)22-9-7-20(2)8-10-22/h7-12,18,23H,4-6,13-17,19H2,1-3H3,(H,28,32). The molecule has 0 radical (unpaired) electrons. The summed E-state index contributed by atoms with van der Waals surface area (Å²) in [4.78, 5) is 32.6. The van der Waals surface area contributed by atoms with E-state index in [0.717, 1.165) is 56.8 Å². The van der Waals surface area contributed by atoms with E-state index in [2.05, 4.69) is 41.1 Å². The molecule has 1 unspecified atom stereocenters. The number of nitrogens with zero attached hydrogens (tertiary/aromatic N) is 3. The van der Waals surface area contributed by atoms with Gasteiger partial charge in [0, 0.05) is 56.2 Å². The molecule has 2 saturated heterocycles. The summed E-state index contributed by atoms with van der Waals surface area (Å²) in [6.45, 7) is 12.9. The number of anilines is 2. The van der Waals surface area contributed by atoms with E-state index in [9.17, 15) is 9.59 Å². The first kappa shape index (κ1) is 23.3. The minimum absolute atomic E-state index is 0.000108. The molecule has 2 amide bonds. The highest BCUT2D eigenvalue weighted by Crippen LogP contribution is 2.26. The third-order valence-corrected chi connectivity index (χ3v) is 7.00. The van der Waals surface area contributed by atoms with Gasteiger partial charge in [-0.3, -0.25) is 9.59 Å². The number of carbonyl (C=O) groups is 2. The lowest BCUT2D eigenvalue weighted by molar-refractivity contribution is -0.121. The number of rotatable bonds is 5. The number of piperidine rings is 1. The number of amides is 2. The van der Waals surface area contributed by atoms with Crippen molar-refractivity contribution in [2.75, 3.05) is 56.0 Å². The van der Waals surface area contributed by atoms with Gasteiger partial charge >= 0.3 is 0 Å². The number of hydrogen-bond donors (Lipinski definition) is 1. The number of nitrogens with one attached hydrogen (secondary N) is 1. The first-order valence-electron chi connectivity index (χ1n) is 12.2. The molecule has 0 spiro atoms. The Balaban J connectivity index is 1.36. The molecule has 1 N–H and O–H groups in total. The molecule has 6 nitrogen and oxygen atoms in total. The van der Waals surface area contributed by atoms with Crippen LogP contribution < -0.4 is 10.2 Å². The van der Waals surface area contributed by atoms with Crippen molar-refractivity contribution in [2.45, 2.75) is 33.6 Å².